The average molecular weight is 231 g/mol. The number of hydrogen-bond acceptors (Lipinski definition) is 2. The first-order valence-corrected chi connectivity index (χ1v) is 6.47. The van der Waals surface area contributed by atoms with Crippen molar-refractivity contribution in [3.63, 3.8) is 0 Å². The number of nitrogens with zero attached hydrogens (tertiary/aromatic N) is 2. The van der Waals surface area contributed by atoms with E-state index in [9.17, 15) is 0 Å². The molecule has 17 heavy (non-hydrogen) atoms. The molecule has 0 unspecified atom stereocenters. The van der Waals surface area contributed by atoms with Crippen LogP contribution in [0, 0.1) is 0 Å². The zero-order valence-corrected chi connectivity index (χ0v) is 10.5. The van der Waals surface area contributed by atoms with Crippen molar-refractivity contribution in [1.82, 2.24) is 0 Å². The second-order valence-electron chi connectivity index (χ2n) is 4.52. The highest BCUT2D eigenvalue weighted by atomic mass is 15.1. The van der Waals surface area contributed by atoms with Crippen molar-refractivity contribution in [3.8, 4) is 0 Å². The monoisotopic (exact) mass is 231 g/mol. The quantitative estimate of drug-likeness (QED) is 0.641. The molecule has 3 heteroatoms. The van der Waals surface area contributed by atoms with E-state index in [4.69, 9.17) is 5.73 Å². The standard InChI is InChI=1S/C14H21N3/c1-2-14(15)16-12-6-8-13(9-7-12)17-10-4-3-5-11-17/h6-9H,2-5,10-11H2,1H3,(H2,15,16). The van der Waals surface area contributed by atoms with E-state index in [1.165, 1.54) is 38.0 Å². The smallest absolute Gasteiger partial charge is 0.0993 e. The van der Waals surface area contributed by atoms with Gasteiger partial charge in [-0.2, -0.15) is 0 Å². The molecule has 0 radical (unpaired) electrons. The Morgan fingerprint density at radius 2 is 1.82 bits per heavy atom. The molecule has 92 valence electrons. The van der Waals surface area contributed by atoms with Crippen LogP contribution < -0.4 is 10.6 Å². The van der Waals surface area contributed by atoms with Gasteiger partial charge in [0.2, 0.25) is 0 Å². The van der Waals surface area contributed by atoms with Crippen LogP contribution in [-0.4, -0.2) is 18.9 Å². The van der Waals surface area contributed by atoms with Crippen LogP contribution in [0.5, 0.6) is 0 Å². The highest BCUT2D eigenvalue weighted by Crippen LogP contribution is 2.22. The summed E-state index contributed by atoms with van der Waals surface area (Å²) < 4.78 is 0. The van der Waals surface area contributed by atoms with Crippen molar-refractivity contribution in [2.75, 3.05) is 18.0 Å². The first-order chi connectivity index (χ1) is 8.29. The lowest BCUT2D eigenvalue weighted by atomic mass is 10.1. The van der Waals surface area contributed by atoms with Gasteiger partial charge in [0.05, 0.1) is 11.5 Å². The molecule has 1 aromatic rings. The summed E-state index contributed by atoms with van der Waals surface area (Å²) in [5, 5.41) is 0. The number of piperidine rings is 1. The topological polar surface area (TPSA) is 41.6 Å². The van der Waals surface area contributed by atoms with Crippen LogP contribution in [0.3, 0.4) is 0 Å². The average Bonchev–Trinajstić information content (AvgIpc) is 2.40. The lowest BCUT2D eigenvalue weighted by molar-refractivity contribution is 0.578. The fourth-order valence-corrected chi connectivity index (χ4v) is 2.13. The number of hydrogen-bond donors (Lipinski definition) is 1. The van der Waals surface area contributed by atoms with Crippen LogP contribution >= 0.6 is 0 Å². The molecule has 0 aromatic heterocycles. The van der Waals surface area contributed by atoms with Crippen molar-refractivity contribution >= 4 is 17.2 Å². The maximum Gasteiger partial charge on any atom is 0.0993 e. The molecule has 1 aromatic carbocycles. The minimum Gasteiger partial charge on any atom is -0.387 e. The molecule has 1 heterocycles. The Hall–Kier alpha value is -1.51. The Morgan fingerprint density at radius 3 is 2.41 bits per heavy atom. The molecule has 1 fully saturated rings. The molecule has 1 aliphatic heterocycles. The zero-order valence-electron chi connectivity index (χ0n) is 10.5. The number of rotatable bonds is 3. The third-order valence-electron chi connectivity index (χ3n) is 3.21. The number of amidine groups is 1. The molecule has 0 aliphatic carbocycles. The first-order valence-electron chi connectivity index (χ1n) is 6.47. The molecule has 2 N–H and O–H groups in total. The minimum atomic E-state index is 0.690. The fourth-order valence-electron chi connectivity index (χ4n) is 2.13. The molecule has 3 nitrogen and oxygen atoms in total. The van der Waals surface area contributed by atoms with Crippen LogP contribution in [-0.2, 0) is 0 Å². The Balaban J connectivity index is 2.07. The summed E-state index contributed by atoms with van der Waals surface area (Å²) in [5.41, 5.74) is 7.98. The molecular formula is C14H21N3. The Kier molecular flexibility index (Phi) is 4.02. The Labute approximate surface area is 103 Å². The lowest BCUT2D eigenvalue weighted by Gasteiger charge is -2.28. The van der Waals surface area contributed by atoms with E-state index in [2.05, 4.69) is 22.0 Å². The SMILES string of the molecule is CCC(N)=Nc1ccc(N2CCCCC2)cc1. The van der Waals surface area contributed by atoms with Gasteiger partial charge in [-0.05, 0) is 43.5 Å². The van der Waals surface area contributed by atoms with Crippen molar-refractivity contribution < 1.29 is 0 Å². The summed E-state index contributed by atoms with van der Waals surface area (Å²) >= 11 is 0. The van der Waals surface area contributed by atoms with E-state index in [0.717, 1.165) is 12.1 Å². The molecule has 0 spiro atoms. The summed E-state index contributed by atoms with van der Waals surface area (Å²) in [6, 6.07) is 8.39. The summed E-state index contributed by atoms with van der Waals surface area (Å²) in [5.74, 6) is 0.690. The van der Waals surface area contributed by atoms with Gasteiger partial charge in [-0.3, -0.25) is 0 Å². The van der Waals surface area contributed by atoms with Crippen LogP contribution in [0.4, 0.5) is 11.4 Å². The molecule has 0 bridgehead atoms. The van der Waals surface area contributed by atoms with Gasteiger partial charge >= 0.3 is 0 Å². The van der Waals surface area contributed by atoms with Gasteiger partial charge in [-0.25, -0.2) is 4.99 Å². The summed E-state index contributed by atoms with van der Waals surface area (Å²) in [7, 11) is 0. The van der Waals surface area contributed by atoms with Crippen molar-refractivity contribution in [2.24, 2.45) is 10.7 Å². The highest BCUT2D eigenvalue weighted by molar-refractivity contribution is 5.82. The Bertz CT molecular complexity index is 375. The van der Waals surface area contributed by atoms with Crippen LogP contribution in [0.25, 0.3) is 0 Å². The van der Waals surface area contributed by atoms with Crippen molar-refractivity contribution in [3.05, 3.63) is 24.3 Å². The van der Waals surface area contributed by atoms with Crippen molar-refractivity contribution in [1.29, 1.82) is 0 Å². The maximum absolute atomic E-state index is 5.73. The van der Waals surface area contributed by atoms with Gasteiger partial charge < -0.3 is 10.6 Å². The van der Waals surface area contributed by atoms with Gasteiger partial charge in [-0.1, -0.05) is 6.92 Å². The predicted molar refractivity (Wildman–Crippen MR) is 74.1 cm³/mol. The van der Waals surface area contributed by atoms with Gasteiger partial charge in [0.1, 0.15) is 0 Å². The Morgan fingerprint density at radius 1 is 1.18 bits per heavy atom. The summed E-state index contributed by atoms with van der Waals surface area (Å²) in [6.07, 6.45) is 4.78. The molecule has 0 amide bonds. The van der Waals surface area contributed by atoms with E-state index in [1.54, 1.807) is 0 Å². The van der Waals surface area contributed by atoms with E-state index in [1.807, 2.05) is 19.1 Å². The van der Waals surface area contributed by atoms with Crippen LogP contribution in [0.15, 0.2) is 29.3 Å². The number of nitrogens with two attached hydrogens (primary N) is 1. The molecule has 0 atom stereocenters. The van der Waals surface area contributed by atoms with E-state index >= 15 is 0 Å². The van der Waals surface area contributed by atoms with Gasteiger partial charge in [0.25, 0.3) is 0 Å². The van der Waals surface area contributed by atoms with Crippen LogP contribution in [0.1, 0.15) is 32.6 Å². The van der Waals surface area contributed by atoms with E-state index < -0.39 is 0 Å². The van der Waals surface area contributed by atoms with Crippen LogP contribution in [0.2, 0.25) is 0 Å². The normalized spacial score (nSPS) is 17.2. The third kappa shape index (κ3) is 3.22. The fraction of sp³-hybridized carbons (Fsp3) is 0.500. The molecule has 1 saturated heterocycles. The number of anilines is 1. The zero-order chi connectivity index (χ0) is 12.1. The maximum atomic E-state index is 5.73. The van der Waals surface area contributed by atoms with Gasteiger partial charge in [0, 0.05) is 25.2 Å². The second kappa shape index (κ2) is 5.71. The van der Waals surface area contributed by atoms with Crippen molar-refractivity contribution in [2.45, 2.75) is 32.6 Å². The number of benzene rings is 1. The van der Waals surface area contributed by atoms with Gasteiger partial charge in [-0.15, -0.1) is 0 Å². The van der Waals surface area contributed by atoms with E-state index in [0.29, 0.717) is 5.84 Å². The predicted octanol–water partition coefficient (Wildman–Crippen LogP) is 3.08. The van der Waals surface area contributed by atoms with Gasteiger partial charge in [0.15, 0.2) is 0 Å². The molecule has 2 rings (SSSR count). The largest absolute Gasteiger partial charge is 0.387 e. The summed E-state index contributed by atoms with van der Waals surface area (Å²) in [6.45, 7) is 4.38. The van der Waals surface area contributed by atoms with E-state index in [-0.39, 0.29) is 0 Å². The minimum absolute atomic E-state index is 0.690. The molecular weight excluding hydrogens is 210 g/mol. The lowest BCUT2D eigenvalue weighted by Crippen LogP contribution is -2.29. The number of aliphatic imine (C=N–C) groups is 1. The molecule has 0 saturated carbocycles. The highest BCUT2D eigenvalue weighted by Gasteiger charge is 2.10. The first kappa shape index (κ1) is 12.0. The molecule has 1 aliphatic rings. The summed E-state index contributed by atoms with van der Waals surface area (Å²) in [4.78, 5) is 6.78. The second-order valence-corrected chi connectivity index (χ2v) is 4.52. The third-order valence-corrected chi connectivity index (χ3v) is 3.21.